The maximum atomic E-state index is 5.28. The van der Waals surface area contributed by atoms with E-state index in [1.807, 2.05) is 42.6 Å². The van der Waals surface area contributed by atoms with Crippen molar-refractivity contribution in [2.75, 3.05) is 26.1 Å². The molecule has 0 saturated heterocycles. The largest absolute Gasteiger partial charge is 0.497 e. The van der Waals surface area contributed by atoms with Crippen molar-refractivity contribution in [3.8, 4) is 17.1 Å². The summed E-state index contributed by atoms with van der Waals surface area (Å²) in [4.78, 5) is 11.4. The number of nitrogens with zero attached hydrogens (tertiary/aromatic N) is 3. The van der Waals surface area contributed by atoms with E-state index in [1.54, 1.807) is 18.4 Å². The monoisotopic (exact) mass is 299 g/mol. The molecule has 2 aromatic heterocycles. The number of benzene rings is 1. The normalized spacial score (nSPS) is 10.9. The van der Waals surface area contributed by atoms with Crippen LogP contribution in [0, 0.1) is 6.92 Å². The van der Waals surface area contributed by atoms with Gasteiger partial charge in [0, 0.05) is 30.9 Å². The number of ether oxygens (including phenoxy) is 1. The number of hydrogen-bond donors (Lipinski definition) is 0. The molecule has 0 spiro atoms. The van der Waals surface area contributed by atoms with Crippen molar-refractivity contribution < 1.29 is 4.74 Å². The average Bonchev–Trinajstić information content (AvgIpc) is 2.96. The molecule has 3 rings (SSSR count). The van der Waals surface area contributed by atoms with Crippen molar-refractivity contribution in [2.24, 2.45) is 0 Å². The Morgan fingerprint density at radius 3 is 2.57 bits per heavy atom. The Kier molecular flexibility index (Phi) is 3.51. The highest BCUT2D eigenvalue weighted by Crippen LogP contribution is 2.29. The fourth-order valence-electron chi connectivity index (χ4n) is 2.23. The van der Waals surface area contributed by atoms with Crippen LogP contribution in [0.15, 0.2) is 29.6 Å². The molecular formula is C16H17N3OS. The van der Waals surface area contributed by atoms with Crippen molar-refractivity contribution in [1.82, 2.24) is 9.97 Å². The zero-order chi connectivity index (χ0) is 15.0. The molecule has 2 heterocycles. The summed E-state index contributed by atoms with van der Waals surface area (Å²) in [6.07, 6.45) is 0. The molecule has 0 saturated carbocycles. The molecule has 0 N–H and O–H groups in total. The number of aromatic nitrogens is 2. The SMILES string of the molecule is COc1ccc2c(C)cc(-c3csc(N(C)C)n3)nc2c1. The lowest BCUT2D eigenvalue weighted by Crippen LogP contribution is -2.07. The van der Waals surface area contributed by atoms with Crippen LogP contribution in [0.3, 0.4) is 0 Å². The van der Waals surface area contributed by atoms with Gasteiger partial charge in [0.25, 0.3) is 0 Å². The zero-order valence-electron chi connectivity index (χ0n) is 12.5. The number of hydrogen-bond acceptors (Lipinski definition) is 5. The van der Waals surface area contributed by atoms with Crippen LogP contribution in [0.4, 0.5) is 5.13 Å². The number of fused-ring (bicyclic) bond motifs is 1. The van der Waals surface area contributed by atoms with E-state index < -0.39 is 0 Å². The number of anilines is 1. The van der Waals surface area contributed by atoms with Crippen molar-refractivity contribution in [3.63, 3.8) is 0 Å². The van der Waals surface area contributed by atoms with Gasteiger partial charge in [0.05, 0.1) is 18.3 Å². The molecule has 0 aliphatic heterocycles. The first-order valence-electron chi connectivity index (χ1n) is 6.67. The second-order valence-electron chi connectivity index (χ2n) is 5.12. The maximum Gasteiger partial charge on any atom is 0.185 e. The van der Waals surface area contributed by atoms with Gasteiger partial charge in [0.1, 0.15) is 11.4 Å². The first-order valence-corrected chi connectivity index (χ1v) is 7.55. The van der Waals surface area contributed by atoms with Gasteiger partial charge in [-0.3, -0.25) is 0 Å². The highest BCUT2D eigenvalue weighted by Gasteiger charge is 2.10. The second kappa shape index (κ2) is 5.33. The summed E-state index contributed by atoms with van der Waals surface area (Å²) >= 11 is 1.62. The first kappa shape index (κ1) is 13.8. The predicted molar refractivity (Wildman–Crippen MR) is 88.5 cm³/mol. The summed E-state index contributed by atoms with van der Waals surface area (Å²) in [6, 6.07) is 8.06. The van der Waals surface area contributed by atoms with E-state index in [9.17, 15) is 0 Å². The van der Waals surface area contributed by atoms with Crippen molar-refractivity contribution in [3.05, 3.63) is 35.2 Å². The summed E-state index contributed by atoms with van der Waals surface area (Å²) in [5.74, 6) is 0.818. The Morgan fingerprint density at radius 2 is 1.90 bits per heavy atom. The third kappa shape index (κ3) is 2.56. The smallest absolute Gasteiger partial charge is 0.185 e. The summed E-state index contributed by atoms with van der Waals surface area (Å²) in [5.41, 5.74) is 3.94. The Hall–Kier alpha value is -2.14. The molecule has 0 fully saturated rings. The van der Waals surface area contributed by atoms with Gasteiger partial charge in [-0.1, -0.05) is 0 Å². The molecule has 108 valence electrons. The van der Waals surface area contributed by atoms with E-state index in [2.05, 4.69) is 18.0 Å². The van der Waals surface area contributed by atoms with E-state index in [1.165, 1.54) is 5.56 Å². The third-order valence-corrected chi connectivity index (χ3v) is 4.37. The van der Waals surface area contributed by atoms with Gasteiger partial charge in [-0.25, -0.2) is 9.97 Å². The summed E-state index contributed by atoms with van der Waals surface area (Å²) < 4.78 is 5.28. The minimum atomic E-state index is 0.818. The number of thiazole rings is 1. The molecule has 0 amide bonds. The lowest BCUT2D eigenvalue weighted by Gasteiger charge is -2.07. The highest BCUT2D eigenvalue weighted by atomic mass is 32.1. The molecule has 0 unspecified atom stereocenters. The van der Waals surface area contributed by atoms with Crippen LogP contribution in [0.2, 0.25) is 0 Å². The molecule has 5 heteroatoms. The number of aryl methyl sites for hydroxylation is 1. The van der Waals surface area contributed by atoms with Crippen LogP contribution in [-0.2, 0) is 0 Å². The average molecular weight is 299 g/mol. The van der Waals surface area contributed by atoms with Crippen molar-refractivity contribution in [1.29, 1.82) is 0 Å². The standard InChI is InChI=1S/C16H17N3OS/c1-10-7-14(15-9-21-16(18-15)19(2)3)17-13-8-11(20-4)5-6-12(10)13/h5-9H,1-4H3. The minimum absolute atomic E-state index is 0.818. The van der Waals surface area contributed by atoms with Gasteiger partial charge in [0.2, 0.25) is 0 Å². The van der Waals surface area contributed by atoms with Gasteiger partial charge in [0.15, 0.2) is 5.13 Å². The third-order valence-electron chi connectivity index (χ3n) is 3.36. The molecule has 0 aliphatic rings. The summed E-state index contributed by atoms with van der Waals surface area (Å²) in [6.45, 7) is 2.10. The van der Waals surface area contributed by atoms with Gasteiger partial charge in [-0.05, 0) is 30.7 Å². The maximum absolute atomic E-state index is 5.28. The minimum Gasteiger partial charge on any atom is -0.497 e. The van der Waals surface area contributed by atoms with Crippen LogP contribution in [0.5, 0.6) is 5.75 Å². The Bertz CT molecular complexity index is 795. The van der Waals surface area contributed by atoms with Crippen LogP contribution >= 0.6 is 11.3 Å². The molecule has 0 bridgehead atoms. The molecule has 21 heavy (non-hydrogen) atoms. The van der Waals surface area contributed by atoms with Gasteiger partial charge in [-0.2, -0.15) is 0 Å². The predicted octanol–water partition coefficient (Wildman–Crippen LogP) is 3.74. The van der Waals surface area contributed by atoms with E-state index in [0.29, 0.717) is 0 Å². The second-order valence-corrected chi connectivity index (χ2v) is 5.95. The quantitative estimate of drug-likeness (QED) is 0.738. The molecule has 1 aromatic carbocycles. The lowest BCUT2D eigenvalue weighted by molar-refractivity contribution is 0.415. The van der Waals surface area contributed by atoms with E-state index >= 15 is 0 Å². The Balaban J connectivity index is 2.13. The van der Waals surface area contributed by atoms with Crippen LogP contribution < -0.4 is 9.64 Å². The molecule has 4 nitrogen and oxygen atoms in total. The summed E-state index contributed by atoms with van der Waals surface area (Å²) in [7, 11) is 5.65. The fourth-order valence-corrected chi connectivity index (χ4v) is 2.98. The molecule has 3 aromatic rings. The fraction of sp³-hybridized carbons (Fsp3) is 0.250. The number of rotatable bonds is 3. The topological polar surface area (TPSA) is 38.2 Å². The van der Waals surface area contributed by atoms with Crippen LogP contribution in [-0.4, -0.2) is 31.2 Å². The molecular weight excluding hydrogens is 282 g/mol. The number of methoxy groups -OCH3 is 1. The van der Waals surface area contributed by atoms with E-state index in [4.69, 9.17) is 9.72 Å². The summed E-state index contributed by atoms with van der Waals surface area (Å²) in [5, 5.41) is 4.17. The van der Waals surface area contributed by atoms with Gasteiger partial charge < -0.3 is 9.64 Å². The van der Waals surface area contributed by atoms with Crippen LogP contribution in [0.25, 0.3) is 22.3 Å². The van der Waals surface area contributed by atoms with Gasteiger partial charge >= 0.3 is 0 Å². The lowest BCUT2D eigenvalue weighted by atomic mass is 10.1. The Labute approximate surface area is 128 Å². The van der Waals surface area contributed by atoms with E-state index in [-0.39, 0.29) is 0 Å². The van der Waals surface area contributed by atoms with Crippen molar-refractivity contribution >= 4 is 27.4 Å². The molecule has 0 atom stereocenters. The number of pyridine rings is 1. The Morgan fingerprint density at radius 1 is 1.10 bits per heavy atom. The molecule has 0 aliphatic carbocycles. The van der Waals surface area contributed by atoms with Crippen LogP contribution in [0.1, 0.15) is 5.56 Å². The van der Waals surface area contributed by atoms with Crippen molar-refractivity contribution in [2.45, 2.75) is 6.92 Å². The highest BCUT2D eigenvalue weighted by molar-refractivity contribution is 7.14. The van der Waals surface area contributed by atoms with E-state index in [0.717, 1.165) is 33.2 Å². The van der Waals surface area contributed by atoms with Gasteiger partial charge in [-0.15, -0.1) is 11.3 Å². The molecule has 0 radical (unpaired) electrons. The zero-order valence-corrected chi connectivity index (χ0v) is 13.4. The first-order chi connectivity index (χ1) is 10.1.